The highest BCUT2D eigenvalue weighted by Gasteiger charge is 2.10. The molecule has 28 heavy (non-hydrogen) atoms. The van der Waals surface area contributed by atoms with Gasteiger partial charge in [-0.3, -0.25) is 9.59 Å². The SMILES string of the molecule is C=C(CCNC(=O)COc1ccc(Cl)c(F)c1)C(=O)Nc1ccc(C#N)cn1. The van der Waals surface area contributed by atoms with Crippen LogP contribution in [-0.2, 0) is 9.59 Å². The van der Waals surface area contributed by atoms with Crippen molar-refractivity contribution in [1.82, 2.24) is 10.3 Å². The molecule has 0 atom stereocenters. The fourth-order valence-electron chi connectivity index (χ4n) is 1.97. The molecule has 0 saturated heterocycles. The first-order valence-corrected chi connectivity index (χ1v) is 8.46. The number of nitriles is 1. The lowest BCUT2D eigenvalue weighted by Gasteiger charge is -2.09. The topological polar surface area (TPSA) is 104 Å². The Kier molecular flexibility index (Phi) is 7.48. The second kappa shape index (κ2) is 10.0. The third kappa shape index (κ3) is 6.37. The van der Waals surface area contributed by atoms with Gasteiger partial charge in [0.25, 0.3) is 11.8 Å². The van der Waals surface area contributed by atoms with Gasteiger partial charge in [-0.1, -0.05) is 18.2 Å². The minimum Gasteiger partial charge on any atom is -0.484 e. The predicted molar refractivity (Wildman–Crippen MR) is 101 cm³/mol. The lowest BCUT2D eigenvalue weighted by atomic mass is 10.2. The number of nitrogens with zero attached hydrogens (tertiary/aromatic N) is 2. The molecule has 0 unspecified atom stereocenters. The number of nitrogens with one attached hydrogen (secondary N) is 2. The average molecular weight is 403 g/mol. The molecular weight excluding hydrogens is 387 g/mol. The van der Waals surface area contributed by atoms with Crippen molar-refractivity contribution in [2.75, 3.05) is 18.5 Å². The average Bonchev–Trinajstić information content (AvgIpc) is 2.69. The second-order valence-corrected chi connectivity index (χ2v) is 5.97. The van der Waals surface area contributed by atoms with Crippen LogP contribution in [0.1, 0.15) is 12.0 Å². The fourth-order valence-corrected chi connectivity index (χ4v) is 2.09. The Bertz CT molecular complexity index is 926. The molecule has 0 aliphatic carbocycles. The summed E-state index contributed by atoms with van der Waals surface area (Å²) in [5.41, 5.74) is 0.621. The molecule has 0 spiro atoms. The fraction of sp³-hybridized carbons (Fsp3) is 0.158. The van der Waals surface area contributed by atoms with Crippen molar-refractivity contribution in [2.24, 2.45) is 0 Å². The number of anilines is 1. The van der Waals surface area contributed by atoms with E-state index in [1.807, 2.05) is 6.07 Å². The van der Waals surface area contributed by atoms with Gasteiger partial charge in [0.15, 0.2) is 6.61 Å². The molecule has 1 aromatic carbocycles. The lowest BCUT2D eigenvalue weighted by Crippen LogP contribution is -2.30. The first kappa shape index (κ1) is 20.9. The maximum absolute atomic E-state index is 13.3. The molecule has 0 aliphatic heterocycles. The highest BCUT2D eigenvalue weighted by molar-refractivity contribution is 6.30. The van der Waals surface area contributed by atoms with E-state index in [4.69, 9.17) is 21.6 Å². The number of rotatable bonds is 8. The van der Waals surface area contributed by atoms with Crippen molar-refractivity contribution in [2.45, 2.75) is 6.42 Å². The number of hydrogen-bond acceptors (Lipinski definition) is 5. The van der Waals surface area contributed by atoms with E-state index in [-0.39, 0.29) is 41.7 Å². The number of benzene rings is 1. The predicted octanol–water partition coefficient (Wildman–Crippen LogP) is 2.83. The van der Waals surface area contributed by atoms with Gasteiger partial charge in [0.2, 0.25) is 0 Å². The summed E-state index contributed by atoms with van der Waals surface area (Å²) in [6.45, 7) is 3.52. The third-order valence-corrected chi connectivity index (χ3v) is 3.77. The normalized spacial score (nSPS) is 9.89. The monoisotopic (exact) mass is 402 g/mol. The molecule has 9 heteroatoms. The zero-order chi connectivity index (χ0) is 20.5. The molecule has 0 saturated carbocycles. The summed E-state index contributed by atoms with van der Waals surface area (Å²) in [5.74, 6) is -1.05. The van der Waals surface area contributed by atoms with Crippen LogP contribution in [0.2, 0.25) is 5.02 Å². The summed E-state index contributed by atoms with van der Waals surface area (Å²) in [4.78, 5) is 27.7. The van der Waals surface area contributed by atoms with E-state index in [1.165, 1.54) is 30.5 Å². The minimum absolute atomic E-state index is 0.0372. The largest absolute Gasteiger partial charge is 0.484 e. The molecule has 0 aliphatic rings. The van der Waals surface area contributed by atoms with E-state index in [0.717, 1.165) is 6.07 Å². The Balaban J connectivity index is 1.70. The van der Waals surface area contributed by atoms with Crippen LogP contribution in [0.15, 0.2) is 48.7 Å². The van der Waals surface area contributed by atoms with E-state index in [1.54, 1.807) is 0 Å². The number of amides is 2. The summed E-state index contributed by atoms with van der Waals surface area (Å²) in [6, 6.07) is 8.81. The molecule has 0 bridgehead atoms. The lowest BCUT2D eigenvalue weighted by molar-refractivity contribution is -0.123. The van der Waals surface area contributed by atoms with Crippen LogP contribution >= 0.6 is 11.6 Å². The highest BCUT2D eigenvalue weighted by Crippen LogP contribution is 2.20. The van der Waals surface area contributed by atoms with Gasteiger partial charge >= 0.3 is 0 Å². The molecule has 1 heterocycles. The Labute approximate surface area is 165 Å². The van der Waals surface area contributed by atoms with Crippen LogP contribution in [0.3, 0.4) is 0 Å². The van der Waals surface area contributed by atoms with E-state index in [9.17, 15) is 14.0 Å². The zero-order valence-corrected chi connectivity index (χ0v) is 15.4. The summed E-state index contributed by atoms with van der Waals surface area (Å²) < 4.78 is 18.4. The van der Waals surface area contributed by atoms with E-state index >= 15 is 0 Å². The molecule has 7 nitrogen and oxygen atoms in total. The number of carbonyl (C=O) groups excluding carboxylic acids is 2. The number of carbonyl (C=O) groups is 2. The molecule has 2 amide bonds. The molecule has 2 aromatic rings. The molecule has 2 rings (SSSR count). The first-order valence-electron chi connectivity index (χ1n) is 8.09. The first-order chi connectivity index (χ1) is 13.4. The van der Waals surface area contributed by atoms with Gasteiger partial charge in [0, 0.05) is 24.4 Å². The number of aromatic nitrogens is 1. The Morgan fingerprint density at radius 1 is 1.32 bits per heavy atom. The van der Waals surface area contributed by atoms with Crippen LogP contribution in [-0.4, -0.2) is 29.9 Å². The van der Waals surface area contributed by atoms with Gasteiger partial charge in [-0.2, -0.15) is 5.26 Å². The van der Waals surface area contributed by atoms with Crippen molar-refractivity contribution in [3.05, 3.63) is 65.1 Å². The van der Waals surface area contributed by atoms with E-state index in [0.29, 0.717) is 5.56 Å². The Morgan fingerprint density at radius 2 is 2.11 bits per heavy atom. The molecular formula is C19H16ClFN4O3. The summed E-state index contributed by atoms with van der Waals surface area (Å²) in [5, 5.41) is 13.8. The van der Waals surface area contributed by atoms with Crippen molar-refractivity contribution < 1.29 is 18.7 Å². The van der Waals surface area contributed by atoms with Gasteiger partial charge in [-0.05, 0) is 30.7 Å². The second-order valence-electron chi connectivity index (χ2n) is 5.57. The summed E-state index contributed by atoms with van der Waals surface area (Å²) in [6.07, 6.45) is 1.55. The van der Waals surface area contributed by atoms with Crippen molar-refractivity contribution in [3.63, 3.8) is 0 Å². The van der Waals surface area contributed by atoms with Crippen molar-refractivity contribution in [3.8, 4) is 11.8 Å². The Morgan fingerprint density at radius 3 is 2.75 bits per heavy atom. The molecule has 1 aromatic heterocycles. The number of hydrogen-bond donors (Lipinski definition) is 2. The van der Waals surface area contributed by atoms with Gasteiger partial charge in [-0.25, -0.2) is 9.37 Å². The quantitative estimate of drug-likeness (QED) is 0.661. The Hall–Kier alpha value is -3.44. The van der Waals surface area contributed by atoms with Crippen LogP contribution in [0.25, 0.3) is 0 Å². The molecule has 0 radical (unpaired) electrons. The summed E-state index contributed by atoms with van der Waals surface area (Å²) >= 11 is 5.56. The number of halogens is 2. The van der Waals surface area contributed by atoms with E-state index < -0.39 is 17.6 Å². The molecule has 2 N–H and O–H groups in total. The van der Waals surface area contributed by atoms with Gasteiger partial charge in [0.1, 0.15) is 23.5 Å². The maximum Gasteiger partial charge on any atom is 0.257 e. The van der Waals surface area contributed by atoms with Gasteiger partial charge in [-0.15, -0.1) is 0 Å². The third-order valence-electron chi connectivity index (χ3n) is 3.47. The highest BCUT2D eigenvalue weighted by atomic mass is 35.5. The number of pyridine rings is 1. The smallest absolute Gasteiger partial charge is 0.257 e. The standard InChI is InChI=1S/C19H16ClFN4O3/c1-12(19(27)25-17-5-2-13(9-22)10-24-17)6-7-23-18(26)11-28-14-3-4-15(20)16(21)8-14/h2-5,8,10H,1,6-7,11H2,(H,23,26)(H,24,25,27). The van der Waals surface area contributed by atoms with E-state index in [2.05, 4.69) is 22.2 Å². The van der Waals surface area contributed by atoms with Crippen LogP contribution in [0.4, 0.5) is 10.2 Å². The maximum atomic E-state index is 13.3. The van der Waals surface area contributed by atoms with Gasteiger partial charge in [0.05, 0.1) is 10.6 Å². The molecule has 0 fully saturated rings. The molecule has 144 valence electrons. The number of ether oxygens (including phenoxy) is 1. The van der Waals surface area contributed by atoms with Crippen molar-refractivity contribution >= 4 is 29.2 Å². The van der Waals surface area contributed by atoms with Crippen molar-refractivity contribution in [1.29, 1.82) is 5.26 Å². The van der Waals surface area contributed by atoms with Crippen LogP contribution in [0.5, 0.6) is 5.75 Å². The van der Waals surface area contributed by atoms with Gasteiger partial charge < -0.3 is 15.4 Å². The van der Waals surface area contributed by atoms with Crippen LogP contribution < -0.4 is 15.4 Å². The summed E-state index contributed by atoms with van der Waals surface area (Å²) in [7, 11) is 0. The minimum atomic E-state index is -0.640. The van der Waals surface area contributed by atoms with Crippen LogP contribution in [0, 0.1) is 17.1 Å². The zero-order valence-electron chi connectivity index (χ0n) is 14.7.